The van der Waals surface area contributed by atoms with Gasteiger partial charge in [0.1, 0.15) is 0 Å². The van der Waals surface area contributed by atoms with Crippen LogP contribution in [-0.2, 0) is 6.42 Å². The quantitative estimate of drug-likeness (QED) is 0.739. The molecule has 68 valence electrons. The fourth-order valence-electron chi connectivity index (χ4n) is 1.27. The van der Waals surface area contributed by atoms with E-state index in [4.69, 9.17) is 0 Å². The minimum absolute atomic E-state index is 0.750. The second-order valence-corrected chi connectivity index (χ2v) is 4.03. The van der Waals surface area contributed by atoms with Crippen LogP contribution in [0.3, 0.4) is 0 Å². The van der Waals surface area contributed by atoms with Gasteiger partial charge in [0.05, 0.1) is 0 Å². The lowest BCUT2D eigenvalue weighted by Crippen LogP contribution is -2.21. The largest absolute Gasteiger partial charge is 0.317 e. The van der Waals surface area contributed by atoms with Crippen molar-refractivity contribution in [2.24, 2.45) is 5.92 Å². The molecule has 2 heteroatoms. The third-order valence-electron chi connectivity index (χ3n) is 1.91. The molecule has 1 unspecified atom stereocenters. The van der Waals surface area contributed by atoms with Crippen LogP contribution in [0, 0.1) is 5.92 Å². The average Bonchev–Trinajstić information content (AvgIpc) is 2.53. The van der Waals surface area contributed by atoms with E-state index < -0.39 is 0 Å². The van der Waals surface area contributed by atoms with Crippen LogP contribution in [0.4, 0.5) is 0 Å². The fourth-order valence-corrected chi connectivity index (χ4v) is 1.96. The van der Waals surface area contributed by atoms with Gasteiger partial charge in [0, 0.05) is 0 Å². The predicted molar refractivity (Wildman–Crippen MR) is 55.7 cm³/mol. The summed E-state index contributed by atoms with van der Waals surface area (Å²) in [7, 11) is 0. The maximum absolute atomic E-state index is 3.36. The molecule has 0 saturated heterocycles. The third kappa shape index (κ3) is 3.37. The highest BCUT2D eigenvalue weighted by Gasteiger charge is 2.02. The van der Waals surface area contributed by atoms with E-state index >= 15 is 0 Å². The van der Waals surface area contributed by atoms with Gasteiger partial charge in [-0.3, -0.25) is 0 Å². The van der Waals surface area contributed by atoms with Gasteiger partial charge < -0.3 is 5.32 Å². The first-order chi connectivity index (χ1) is 5.83. The van der Waals surface area contributed by atoms with Crippen molar-refractivity contribution in [2.75, 3.05) is 13.1 Å². The molecule has 0 saturated carbocycles. The van der Waals surface area contributed by atoms with Gasteiger partial charge in [0.25, 0.3) is 0 Å². The highest BCUT2D eigenvalue weighted by atomic mass is 32.1. The highest BCUT2D eigenvalue weighted by Crippen LogP contribution is 2.11. The Hall–Kier alpha value is -0.340. The molecule has 0 amide bonds. The van der Waals surface area contributed by atoms with Gasteiger partial charge in [-0.25, -0.2) is 0 Å². The number of hydrogen-bond acceptors (Lipinski definition) is 2. The number of hydrogen-bond donors (Lipinski definition) is 1. The van der Waals surface area contributed by atoms with E-state index in [9.17, 15) is 0 Å². The van der Waals surface area contributed by atoms with Gasteiger partial charge in [-0.1, -0.05) is 13.8 Å². The molecule has 0 spiro atoms. The molecule has 0 radical (unpaired) electrons. The second kappa shape index (κ2) is 5.33. The van der Waals surface area contributed by atoms with Crippen molar-refractivity contribution >= 4 is 11.3 Å². The molecule has 12 heavy (non-hydrogen) atoms. The second-order valence-electron chi connectivity index (χ2n) is 3.25. The van der Waals surface area contributed by atoms with Gasteiger partial charge in [-0.15, -0.1) is 0 Å². The fraction of sp³-hybridized carbons (Fsp3) is 0.600. The number of thiophene rings is 1. The zero-order valence-corrected chi connectivity index (χ0v) is 8.66. The van der Waals surface area contributed by atoms with Crippen LogP contribution < -0.4 is 5.32 Å². The number of rotatable bonds is 5. The van der Waals surface area contributed by atoms with Crippen molar-refractivity contribution in [3.8, 4) is 0 Å². The molecule has 1 aromatic rings. The van der Waals surface area contributed by atoms with Crippen molar-refractivity contribution in [2.45, 2.75) is 20.3 Å². The van der Waals surface area contributed by atoms with Gasteiger partial charge in [-0.05, 0) is 47.8 Å². The summed E-state index contributed by atoms with van der Waals surface area (Å²) in [5, 5.41) is 7.75. The summed E-state index contributed by atoms with van der Waals surface area (Å²) in [4.78, 5) is 0. The molecule has 1 atom stereocenters. The first-order valence-corrected chi connectivity index (χ1v) is 5.49. The standard InChI is InChI=1S/C10H17NS/c1-3-11-7-9(2)6-10-4-5-12-8-10/h4-5,8-9,11H,3,6-7H2,1-2H3. The zero-order valence-electron chi connectivity index (χ0n) is 7.84. The molecule has 0 aliphatic rings. The van der Waals surface area contributed by atoms with E-state index in [0.717, 1.165) is 19.0 Å². The minimum Gasteiger partial charge on any atom is -0.317 e. The van der Waals surface area contributed by atoms with Gasteiger partial charge in [0.15, 0.2) is 0 Å². The summed E-state index contributed by atoms with van der Waals surface area (Å²) >= 11 is 1.79. The van der Waals surface area contributed by atoms with Crippen molar-refractivity contribution in [3.05, 3.63) is 22.4 Å². The summed E-state index contributed by atoms with van der Waals surface area (Å²) in [5.74, 6) is 0.750. The monoisotopic (exact) mass is 183 g/mol. The van der Waals surface area contributed by atoms with Crippen LogP contribution in [0.2, 0.25) is 0 Å². The summed E-state index contributed by atoms with van der Waals surface area (Å²) in [6, 6.07) is 2.22. The van der Waals surface area contributed by atoms with Crippen molar-refractivity contribution in [1.29, 1.82) is 0 Å². The molecule has 0 bridgehead atoms. The maximum atomic E-state index is 3.36. The Morgan fingerprint density at radius 3 is 3.00 bits per heavy atom. The Morgan fingerprint density at radius 1 is 1.58 bits per heavy atom. The molecular weight excluding hydrogens is 166 g/mol. The minimum atomic E-state index is 0.750. The molecule has 1 aromatic heterocycles. The lowest BCUT2D eigenvalue weighted by Gasteiger charge is -2.09. The average molecular weight is 183 g/mol. The zero-order chi connectivity index (χ0) is 8.81. The topological polar surface area (TPSA) is 12.0 Å². The van der Waals surface area contributed by atoms with Crippen LogP contribution in [0.15, 0.2) is 16.8 Å². The van der Waals surface area contributed by atoms with E-state index in [1.54, 1.807) is 11.3 Å². The molecule has 1 N–H and O–H groups in total. The molecule has 0 aromatic carbocycles. The Bertz CT molecular complexity index is 194. The van der Waals surface area contributed by atoms with Crippen LogP contribution in [0.5, 0.6) is 0 Å². The van der Waals surface area contributed by atoms with E-state index in [1.165, 1.54) is 12.0 Å². The van der Waals surface area contributed by atoms with Crippen molar-refractivity contribution < 1.29 is 0 Å². The normalized spacial score (nSPS) is 13.2. The van der Waals surface area contributed by atoms with Gasteiger partial charge in [0.2, 0.25) is 0 Å². The van der Waals surface area contributed by atoms with Gasteiger partial charge in [-0.2, -0.15) is 11.3 Å². The molecule has 1 rings (SSSR count). The lowest BCUT2D eigenvalue weighted by atomic mass is 10.0. The maximum Gasteiger partial charge on any atom is -0.00201 e. The summed E-state index contributed by atoms with van der Waals surface area (Å²) in [6.45, 7) is 6.65. The summed E-state index contributed by atoms with van der Waals surface area (Å²) < 4.78 is 0. The van der Waals surface area contributed by atoms with Crippen LogP contribution in [0.25, 0.3) is 0 Å². The van der Waals surface area contributed by atoms with E-state index in [1.807, 2.05) is 0 Å². The highest BCUT2D eigenvalue weighted by molar-refractivity contribution is 7.07. The first-order valence-electron chi connectivity index (χ1n) is 4.54. The van der Waals surface area contributed by atoms with Crippen LogP contribution in [0.1, 0.15) is 19.4 Å². The van der Waals surface area contributed by atoms with Crippen molar-refractivity contribution in [1.82, 2.24) is 5.32 Å². The Balaban J connectivity index is 2.22. The Labute approximate surface area is 78.8 Å². The first kappa shape index (κ1) is 9.75. The summed E-state index contributed by atoms with van der Waals surface area (Å²) in [6.07, 6.45) is 1.20. The Kier molecular flexibility index (Phi) is 4.33. The van der Waals surface area contributed by atoms with E-state index in [0.29, 0.717) is 0 Å². The molecule has 0 aliphatic carbocycles. The number of nitrogens with one attached hydrogen (secondary N) is 1. The smallest absolute Gasteiger partial charge is 0.00201 e. The lowest BCUT2D eigenvalue weighted by molar-refractivity contribution is 0.522. The van der Waals surface area contributed by atoms with Crippen LogP contribution in [-0.4, -0.2) is 13.1 Å². The summed E-state index contributed by atoms with van der Waals surface area (Å²) in [5.41, 5.74) is 1.48. The SMILES string of the molecule is CCNCC(C)Cc1ccsc1. The molecule has 0 aliphatic heterocycles. The predicted octanol–water partition coefficient (Wildman–Crippen LogP) is 2.54. The third-order valence-corrected chi connectivity index (χ3v) is 2.64. The molecule has 1 heterocycles. The van der Waals surface area contributed by atoms with Gasteiger partial charge >= 0.3 is 0 Å². The molecular formula is C10H17NS. The van der Waals surface area contributed by atoms with Crippen molar-refractivity contribution in [3.63, 3.8) is 0 Å². The van der Waals surface area contributed by atoms with E-state index in [-0.39, 0.29) is 0 Å². The Morgan fingerprint density at radius 2 is 2.42 bits per heavy atom. The molecule has 1 nitrogen and oxygen atoms in total. The van der Waals surface area contributed by atoms with Crippen LogP contribution >= 0.6 is 11.3 Å². The van der Waals surface area contributed by atoms with E-state index in [2.05, 4.69) is 36.0 Å². The molecule has 0 fully saturated rings.